The molecular formula is C36H42N6O5. The van der Waals surface area contributed by atoms with Crippen LogP contribution in [-0.2, 0) is 9.59 Å². The van der Waals surface area contributed by atoms with Crippen LogP contribution in [0.3, 0.4) is 0 Å². The number of nitrogens with one attached hydrogen (secondary N) is 4. The summed E-state index contributed by atoms with van der Waals surface area (Å²) in [4.78, 5) is 50.7. The molecule has 0 radical (unpaired) electrons. The van der Waals surface area contributed by atoms with E-state index in [9.17, 15) is 19.2 Å². The molecule has 0 saturated heterocycles. The first-order valence-corrected chi connectivity index (χ1v) is 16.4. The number of benzene rings is 2. The zero-order valence-corrected chi connectivity index (χ0v) is 26.9. The molecular weight excluding hydrogens is 596 g/mol. The van der Waals surface area contributed by atoms with Crippen molar-refractivity contribution in [3.63, 3.8) is 0 Å². The fourth-order valence-corrected chi connectivity index (χ4v) is 5.95. The number of hydrazone groups is 2. The van der Waals surface area contributed by atoms with Gasteiger partial charge in [-0.05, 0) is 87.1 Å². The van der Waals surface area contributed by atoms with Gasteiger partial charge in [0.15, 0.2) is 11.5 Å². The number of amides is 4. The minimum atomic E-state index is -0.628. The maximum Gasteiger partial charge on any atom is 0.307 e. The molecule has 5 rings (SSSR count). The first-order valence-electron chi connectivity index (χ1n) is 16.4. The van der Waals surface area contributed by atoms with Gasteiger partial charge in [0.05, 0.1) is 11.4 Å². The number of anilines is 2. The van der Waals surface area contributed by atoms with Crippen molar-refractivity contribution in [2.45, 2.75) is 78.1 Å². The second kappa shape index (κ2) is 16.0. The molecule has 2 aromatic carbocycles. The van der Waals surface area contributed by atoms with Crippen LogP contribution in [-0.4, -0.2) is 35.1 Å². The highest BCUT2D eigenvalue weighted by atomic mass is 16.4. The Bertz CT molecular complexity index is 1540. The number of hydrogen-bond donors (Lipinski definition) is 4. The van der Waals surface area contributed by atoms with Crippen molar-refractivity contribution in [2.24, 2.45) is 22.0 Å². The lowest BCUT2D eigenvalue weighted by atomic mass is 9.88. The first kappa shape index (κ1) is 33.3. The zero-order chi connectivity index (χ0) is 33.2. The summed E-state index contributed by atoms with van der Waals surface area (Å²) in [5.41, 5.74) is 8.77. The third-order valence-electron chi connectivity index (χ3n) is 8.75. The number of rotatable bonds is 10. The average Bonchev–Trinajstić information content (AvgIpc) is 3.61. The Morgan fingerprint density at radius 1 is 0.596 bits per heavy atom. The molecule has 3 aromatic rings. The summed E-state index contributed by atoms with van der Waals surface area (Å²) in [5, 5.41) is 14.3. The molecule has 47 heavy (non-hydrogen) atoms. The van der Waals surface area contributed by atoms with Crippen molar-refractivity contribution in [1.29, 1.82) is 0 Å². The summed E-state index contributed by atoms with van der Waals surface area (Å²) < 4.78 is 5.47. The van der Waals surface area contributed by atoms with E-state index in [2.05, 4.69) is 31.7 Å². The first-order chi connectivity index (χ1) is 22.8. The quantitative estimate of drug-likeness (QED) is 0.145. The summed E-state index contributed by atoms with van der Waals surface area (Å²) in [7, 11) is 0. The van der Waals surface area contributed by atoms with Gasteiger partial charge in [-0.3, -0.25) is 19.2 Å². The van der Waals surface area contributed by atoms with Crippen LogP contribution in [0.4, 0.5) is 11.4 Å². The van der Waals surface area contributed by atoms with E-state index < -0.39 is 11.8 Å². The Balaban J connectivity index is 1.13. The van der Waals surface area contributed by atoms with Gasteiger partial charge in [0.25, 0.3) is 0 Å². The number of carbonyl (C=O) groups is 4. The third kappa shape index (κ3) is 9.25. The van der Waals surface area contributed by atoms with E-state index in [-0.39, 0.29) is 35.2 Å². The molecule has 2 fully saturated rings. The number of nitrogens with zero attached hydrogens (tertiary/aromatic N) is 2. The number of furan rings is 1. The Hall–Kier alpha value is -5.06. The molecule has 2 saturated carbocycles. The van der Waals surface area contributed by atoms with Crippen molar-refractivity contribution in [3.05, 3.63) is 83.3 Å². The molecule has 11 heteroatoms. The van der Waals surface area contributed by atoms with Crippen LogP contribution < -0.4 is 21.5 Å². The Kier molecular flexibility index (Phi) is 11.3. The van der Waals surface area contributed by atoms with Crippen molar-refractivity contribution >= 4 is 46.4 Å². The molecule has 4 amide bonds. The Morgan fingerprint density at radius 3 is 1.40 bits per heavy atom. The van der Waals surface area contributed by atoms with E-state index in [0.29, 0.717) is 22.8 Å². The van der Waals surface area contributed by atoms with Crippen molar-refractivity contribution in [2.75, 3.05) is 10.6 Å². The molecule has 2 aliphatic rings. The summed E-state index contributed by atoms with van der Waals surface area (Å²) in [6.07, 6.45) is 10.3. The summed E-state index contributed by atoms with van der Waals surface area (Å²) in [6, 6.07) is 17.4. The average molecular weight is 639 g/mol. The highest BCUT2D eigenvalue weighted by Gasteiger charge is 2.22. The monoisotopic (exact) mass is 638 g/mol. The fourth-order valence-electron chi connectivity index (χ4n) is 5.95. The van der Waals surface area contributed by atoms with Gasteiger partial charge in [0, 0.05) is 23.2 Å². The largest absolute Gasteiger partial charge is 0.446 e. The maximum atomic E-state index is 12.7. The minimum absolute atomic E-state index is 0.0347. The lowest BCUT2D eigenvalue weighted by Gasteiger charge is -2.20. The van der Waals surface area contributed by atoms with Gasteiger partial charge >= 0.3 is 11.8 Å². The zero-order valence-electron chi connectivity index (χ0n) is 26.9. The highest BCUT2D eigenvalue weighted by Crippen LogP contribution is 2.26. The van der Waals surface area contributed by atoms with E-state index >= 15 is 0 Å². The molecule has 1 heterocycles. The SMILES string of the molecule is CC(=NNC(=O)c1ccc(C(=O)NN=C(C)c2cccc(NC(=O)C3CCCCC3)c2)o1)c1cccc(NC(=O)C2CCCCC2)c1. The normalized spacial score (nSPS) is 16.3. The molecule has 0 atom stereocenters. The van der Waals surface area contributed by atoms with Crippen LogP contribution in [0.5, 0.6) is 0 Å². The Labute approximate surface area is 274 Å². The smallest absolute Gasteiger partial charge is 0.307 e. The Morgan fingerprint density at radius 2 is 1.00 bits per heavy atom. The van der Waals surface area contributed by atoms with Crippen molar-refractivity contribution in [1.82, 2.24) is 10.9 Å². The van der Waals surface area contributed by atoms with Crippen molar-refractivity contribution in [3.8, 4) is 0 Å². The van der Waals surface area contributed by atoms with Gasteiger partial charge in [-0.25, -0.2) is 10.9 Å². The molecule has 2 aliphatic carbocycles. The van der Waals surface area contributed by atoms with E-state index in [4.69, 9.17) is 4.42 Å². The number of hydrogen-bond acceptors (Lipinski definition) is 7. The summed E-state index contributed by atoms with van der Waals surface area (Å²) in [6.45, 7) is 3.48. The minimum Gasteiger partial charge on any atom is -0.446 e. The van der Waals surface area contributed by atoms with Crippen LogP contribution in [0, 0.1) is 11.8 Å². The second-order valence-corrected chi connectivity index (χ2v) is 12.3. The summed E-state index contributed by atoms with van der Waals surface area (Å²) >= 11 is 0. The second-order valence-electron chi connectivity index (χ2n) is 12.3. The lowest BCUT2D eigenvalue weighted by Crippen LogP contribution is -2.24. The van der Waals surface area contributed by atoms with Crippen LogP contribution >= 0.6 is 0 Å². The van der Waals surface area contributed by atoms with Crippen LogP contribution in [0.1, 0.15) is 110 Å². The molecule has 0 spiro atoms. The predicted octanol–water partition coefficient (Wildman–Crippen LogP) is 6.63. The van der Waals surface area contributed by atoms with Crippen LogP contribution in [0.25, 0.3) is 0 Å². The van der Waals surface area contributed by atoms with E-state index in [1.165, 1.54) is 25.0 Å². The van der Waals surface area contributed by atoms with Crippen LogP contribution in [0.15, 0.2) is 75.3 Å². The van der Waals surface area contributed by atoms with Gasteiger partial charge < -0.3 is 15.1 Å². The fraction of sp³-hybridized carbons (Fsp3) is 0.389. The van der Waals surface area contributed by atoms with Crippen LogP contribution in [0.2, 0.25) is 0 Å². The number of carbonyl (C=O) groups excluding carboxylic acids is 4. The summed E-state index contributed by atoms with van der Waals surface area (Å²) in [5.74, 6) is -1.29. The van der Waals surface area contributed by atoms with Gasteiger partial charge in [0.2, 0.25) is 11.8 Å². The molecule has 0 bridgehead atoms. The van der Waals surface area contributed by atoms with Gasteiger partial charge in [0.1, 0.15) is 0 Å². The van der Waals surface area contributed by atoms with Gasteiger partial charge in [-0.1, -0.05) is 62.8 Å². The lowest BCUT2D eigenvalue weighted by molar-refractivity contribution is -0.121. The topological polar surface area (TPSA) is 154 Å². The standard InChI is InChI=1S/C36H42N6O5/c1-23(27-15-9-17-29(21-27)37-33(43)25-11-5-3-6-12-25)39-41-35(45)31-19-20-32(47-31)36(46)42-40-24(2)28-16-10-18-30(22-28)38-34(44)26-13-7-4-8-14-26/h9-10,15-22,25-26H,3-8,11-14H2,1-2H3,(H,37,43)(H,38,44)(H,41,45)(H,42,46). The van der Waals surface area contributed by atoms with E-state index in [1.807, 2.05) is 48.5 Å². The predicted molar refractivity (Wildman–Crippen MR) is 181 cm³/mol. The van der Waals surface area contributed by atoms with Crippen molar-refractivity contribution < 1.29 is 23.6 Å². The maximum absolute atomic E-state index is 12.7. The third-order valence-corrected chi connectivity index (χ3v) is 8.75. The van der Waals surface area contributed by atoms with Gasteiger partial charge in [-0.15, -0.1) is 0 Å². The molecule has 4 N–H and O–H groups in total. The molecule has 1 aromatic heterocycles. The molecule has 0 unspecified atom stereocenters. The molecule has 246 valence electrons. The van der Waals surface area contributed by atoms with E-state index in [1.54, 1.807) is 13.8 Å². The molecule has 0 aliphatic heterocycles. The van der Waals surface area contributed by atoms with Gasteiger partial charge in [-0.2, -0.15) is 10.2 Å². The highest BCUT2D eigenvalue weighted by molar-refractivity contribution is 6.03. The molecule has 11 nitrogen and oxygen atoms in total. The van der Waals surface area contributed by atoms with E-state index in [0.717, 1.165) is 62.5 Å².